The van der Waals surface area contributed by atoms with Crippen LogP contribution in [-0.4, -0.2) is 29.5 Å². The van der Waals surface area contributed by atoms with E-state index in [9.17, 15) is 22.8 Å². The number of fused-ring (bicyclic) bond motifs is 2. The molecule has 202 valence electrons. The Morgan fingerprint density at radius 2 is 1.97 bits per heavy atom. The molecule has 8 heteroatoms. The molecule has 2 aliphatic carbocycles. The first kappa shape index (κ1) is 26.4. The number of esters is 1. The summed E-state index contributed by atoms with van der Waals surface area (Å²) < 4.78 is 45.0. The molecule has 5 nitrogen and oxygen atoms in total. The number of cyclic esters (lactones) is 1. The third-order valence-corrected chi connectivity index (χ3v) is 8.67. The van der Waals surface area contributed by atoms with E-state index in [0.717, 1.165) is 37.8 Å². The number of allylic oxidation sites excluding steroid dienone is 1. The molecule has 1 unspecified atom stereocenters. The van der Waals surface area contributed by atoms with Crippen molar-refractivity contribution in [3.8, 4) is 11.1 Å². The predicted molar refractivity (Wildman–Crippen MR) is 137 cm³/mol. The summed E-state index contributed by atoms with van der Waals surface area (Å²) in [6.45, 7) is 4.50. The number of alkyl halides is 3. The Morgan fingerprint density at radius 3 is 2.68 bits per heavy atom. The maximum Gasteiger partial charge on any atom is 0.416 e. The van der Waals surface area contributed by atoms with Crippen LogP contribution in [-0.2, 0) is 20.5 Å². The molecular weight excluding hydrogens is 493 g/mol. The number of hydrogen-bond acceptors (Lipinski definition) is 4. The Morgan fingerprint density at radius 1 is 1.16 bits per heavy atom. The van der Waals surface area contributed by atoms with Gasteiger partial charge in [-0.15, -0.1) is 0 Å². The second kappa shape index (κ2) is 10.5. The molecule has 38 heavy (non-hydrogen) atoms. The van der Waals surface area contributed by atoms with Crippen molar-refractivity contribution < 1.29 is 27.5 Å². The van der Waals surface area contributed by atoms with Crippen molar-refractivity contribution in [2.24, 2.45) is 35.5 Å². The molecule has 7 atom stereocenters. The van der Waals surface area contributed by atoms with E-state index in [2.05, 4.69) is 16.4 Å². The van der Waals surface area contributed by atoms with Gasteiger partial charge < -0.3 is 10.1 Å². The van der Waals surface area contributed by atoms with E-state index in [-0.39, 0.29) is 47.6 Å². The molecule has 1 aromatic heterocycles. The average Bonchev–Trinajstić information content (AvgIpc) is 3.19. The number of carbonyl (C=O) groups excluding carboxylic acids is 2. The first-order valence-corrected chi connectivity index (χ1v) is 13.5. The SMILES string of the molecule is CCNC(=O)[C@@H]1CC[C@H]2C(/C=C/c3ccc(-c4cccc(C(F)(F)F)c4)cn3)[C@@H]3[C@@H](C)OC(=O)[C@@H]3C[C@@H]2C1. The standard InChI is InChI=1S/C30H33F3N2O3/c1-3-34-28(36)19-8-11-24-21(13-19)15-26-27(17(2)38-29(26)37)25(24)12-10-23-9-7-20(16-35-23)18-5-4-6-22(14-18)30(31,32)33/h4-7,9-10,12,14,16-17,19,21,24-27H,3,8,11,13,15H2,1-2H3,(H,34,36)/b12-10+/t17-,19-,21+,24-,25?,26-,27+/m1/s1. The van der Waals surface area contributed by atoms with Crippen LogP contribution in [0.2, 0.25) is 0 Å². The van der Waals surface area contributed by atoms with Crippen molar-refractivity contribution in [3.05, 3.63) is 59.9 Å². The van der Waals surface area contributed by atoms with Crippen LogP contribution in [0.15, 0.2) is 48.7 Å². The lowest BCUT2D eigenvalue weighted by atomic mass is 9.56. The number of ether oxygens (including phenoxy) is 1. The zero-order valence-corrected chi connectivity index (χ0v) is 21.6. The number of nitrogens with one attached hydrogen (secondary N) is 1. The fraction of sp³-hybridized carbons (Fsp3) is 0.500. The van der Waals surface area contributed by atoms with Crippen molar-refractivity contribution in [2.45, 2.75) is 51.8 Å². The summed E-state index contributed by atoms with van der Waals surface area (Å²) in [6.07, 6.45) is 4.43. The normalized spacial score (nSPS) is 31.0. The summed E-state index contributed by atoms with van der Waals surface area (Å²) in [5.41, 5.74) is 1.08. The molecule has 2 aromatic rings. The molecule has 1 aromatic carbocycles. The van der Waals surface area contributed by atoms with Crippen molar-refractivity contribution >= 4 is 18.0 Å². The molecule has 0 bridgehead atoms. The minimum Gasteiger partial charge on any atom is -0.462 e. The molecule has 0 radical (unpaired) electrons. The van der Waals surface area contributed by atoms with E-state index in [0.29, 0.717) is 29.3 Å². The van der Waals surface area contributed by atoms with Gasteiger partial charge in [0.1, 0.15) is 6.10 Å². The average molecular weight is 527 g/mol. The quantitative estimate of drug-likeness (QED) is 0.475. The van der Waals surface area contributed by atoms with Crippen LogP contribution in [0.5, 0.6) is 0 Å². The maximum absolute atomic E-state index is 13.1. The van der Waals surface area contributed by atoms with E-state index in [1.165, 1.54) is 6.07 Å². The highest BCUT2D eigenvalue weighted by atomic mass is 19.4. The number of rotatable bonds is 5. The summed E-state index contributed by atoms with van der Waals surface area (Å²) in [5, 5.41) is 2.95. The molecule has 2 heterocycles. The number of carbonyl (C=O) groups is 2. The summed E-state index contributed by atoms with van der Waals surface area (Å²) >= 11 is 0. The van der Waals surface area contributed by atoms with E-state index in [4.69, 9.17) is 4.74 Å². The molecule has 0 spiro atoms. The van der Waals surface area contributed by atoms with Gasteiger partial charge in [0.15, 0.2) is 0 Å². The van der Waals surface area contributed by atoms with Gasteiger partial charge in [-0.1, -0.05) is 24.3 Å². The summed E-state index contributed by atoms with van der Waals surface area (Å²) in [6, 6.07) is 8.80. The Labute approximate surface area is 220 Å². The summed E-state index contributed by atoms with van der Waals surface area (Å²) in [5.74, 6) is 0.643. The fourth-order valence-corrected chi connectivity index (χ4v) is 6.93. The van der Waals surface area contributed by atoms with Crippen LogP contribution < -0.4 is 5.32 Å². The van der Waals surface area contributed by atoms with Crippen molar-refractivity contribution in [2.75, 3.05) is 6.54 Å². The molecule has 5 rings (SSSR count). The Bertz CT molecular complexity index is 1210. The monoisotopic (exact) mass is 526 g/mol. The molecule has 3 fully saturated rings. The van der Waals surface area contributed by atoms with Gasteiger partial charge in [-0.2, -0.15) is 13.2 Å². The van der Waals surface area contributed by atoms with Crippen LogP contribution in [0, 0.1) is 35.5 Å². The molecular formula is C30H33F3N2O3. The summed E-state index contributed by atoms with van der Waals surface area (Å²) in [7, 11) is 0. The van der Waals surface area contributed by atoms with Crippen LogP contribution in [0.25, 0.3) is 17.2 Å². The predicted octanol–water partition coefficient (Wildman–Crippen LogP) is 6.15. The first-order valence-electron chi connectivity index (χ1n) is 13.5. The van der Waals surface area contributed by atoms with Crippen molar-refractivity contribution in [1.29, 1.82) is 0 Å². The molecule has 1 amide bonds. The fourth-order valence-electron chi connectivity index (χ4n) is 6.93. The summed E-state index contributed by atoms with van der Waals surface area (Å²) in [4.78, 5) is 29.7. The maximum atomic E-state index is 13.1. The zero-order valence-electron chi connectivity index (χ0n) is 21.6. The highest BCUT2D eigenvalue weighted by Gasteiger charge is 2.54. The van der Waals surface area contributed by atoms with Crippen molar-refractivity contribution in [3.63, 3.8) is 0 Å². The number of halogens is 3. The van der Waals surface area contributed by atoms with E-state index in [1.807, 2.05) is 19.9 Å². The van der Waals surface area contributed by atoms with Gasteiger partial charge in [-0.05, 0) is 87.1 Å². The van der Waals surface area contributed by atoms with Crippen LogP contribution in [0.4, 0.5) is 13.2 Å². The Hall–Kier alpha value is -3.16. The largest absolute Gasteiger partial charge is 0.462 e. The molecule has 1 aliphatic heterocycles. The van der Waals surface area contributed by atoms with Gasteiger partial charge in [-0.25, -0.2) is 0 Å². The molecule has 1 N–H and O–H groups in total. The zero-order chi connectivity index (χ0) is 27.0. The lowest BCUT2D eigenvalue weighted by molar-refractivity contribution is -0.144. The third-order valence-electron chi connectivity index (χ3n) is 8.67. The highest BCUT2D eigenvalue weighted by molar-refractivity contribution is 5.79. The minimum atomic E-state index is -4.40. The van der Waals surface area contributed by atoms with E-state index < -0.39 is 11.7 Å². The second-order valence-corrected chi connectivity index (χ2v) is 10.9. The molecule has 1 saturated heterocycles. The lowest BCUT2D eigenvalue weighted by Crippen LogP contribution is -2.46. The van der Waals surface area contributed by atoms with Crippen LogP contribution in [0.3, 0.4) is 0 Å². The van der Waals surface area contributed by atoms with Gasteiger partial charge in [-0.3, -0.25) is 14.6 Å². The second-order valence-electron chi connectivity index (χ2n) is 10.9. The smallest absolute Gasteiger partial charge is 0.416 e. The number of nitrogens with zero attached hydrogens (tertiary/aromatic N) is 1. The minimum absolute atomic E-state index is 0.0164. The van der Waals surface area contributed by atoms with Crippen LogP contribution >= 0.6 is 0 Å². The lowest BCUT2D eigenvalue weighted by Gasteiger charge is -2.47. The first-order chi connectivity index (χ1) is 18.2. The Balaban J connectivity index is 1.36. The number of amides is 1. The molecule has 2 saturated carbocycles. The van der Waals surface area contributed by atoms with Crippen LogP contribution in [0.1, 0.15) is 50.8 Å². The van der Waals surface area contributed by atoms with Gasteiger partial charge in [0.25, 0.3) is 0 Å². The Kier molecular flexibility index (Phi) is 7.34. The molecule has 3 aliphatic rings. The number of pyridine rings is 1. The highest BCUT2D eigenvalue weighted by Crippen LogP contribution is 2.54. The van der Waals surface area contributed by atoms with E-state index >= 15 is 0 Å². The van der Waals surface area contributed by atoms with Gasteiger partial charge in [0.2, 0.25) is 5.91 Å². The van der Waals surface area contributed by atoms with Gasteiger partial charge in [0, 0.05) is 30.1 Å². The van der Waals surface area contributed by atoms with Crippen molar-refractivity contribution in [1.82, 2.24) is 10.3 Å². The number of benzene rings is 1. The number of aromatic nitrogens is 1. The number of hydrogen-bond donors (Lipinski definition) is 1. The third kappa shape index (κ3) is 5.22. The van der Waals surface area contributed by atoms with Gasteiger partial charge in [0.05, 0.1) is 17.2 Å². The van der Waals surface area contributed by atoms with E-state index in [1.54, 1.807) is 24.4 Å². The van der Waals surface area contributed by atoms with Gasteiger partial charge >= 0.3 is 12.1 Å². The topological polar surface area (TPSA) is 68.3 Å².